The summed E-state index contributed by atoms with van der Waals surface area (Å²) in [6.45, 7) is 5.85. The molecule has 0 aromatic heterocycles. The van der Waals surface area contributed by atoms with Gasteiger partial charge in [-0.2, -0.15) is 0 Å². The van der Waals surface area contributed by atoms with Crippen molar-refractivity contribution in [2.24, 2.45) is 0 Å². The molecule has 0 bridgehead atoms. The smallest absolute Gasteiger partial charge is 0.335 e. The molecule has 0 saturated carbocycles. The molecule has 0 aromatic rings. The topological polar surface area (TPSA) is 175 Å². The summed E-state index contributed by atoms with van der Waals surface area (Å²) in [5.74, 6) is -3.14. The molecular weight excluding hydrogens is 877 g/mol. The molecule has 0 spiro atoms. The second-order valence-corrected chi connectivity index (χ2v) is 19.2. The van der Waals surface area contributed by atoms with Gasteiger partial charge in [0.2, 0.25) is 0 Å². The van der Waals surface area contributed by atoms with Crippen LogP contribution < -0.4 is 0 Å². The van der Waals surface area contributed by atoms with Gasteiger partial charge in [-0.1, -0.05) is 218 Å². The third-order valence-electron chi connectivity index (χ3n) is 12.7. The standard InChI is InChI=1S/C57H100O12/c1-4-7-10-13-16-19-22-24-25-27-30-33-36-39-42-45-51(60)68-55-53(62)52(61)54(56(63)64)69-57(55)66-47-48(67-50(59)44-41-38-35-32-28-21-18-15-12-9-6-3)46-65-49(58)43-40-37-34-31-29-26-23-20-17-14-11-8-5-2/h8,11,17,20,26,29,48,52-55,57,61-62H,4-7,9-10,12-16,18-19,21-25,27-28,30-47H2,1-3H3,(H,63,64)/b11-8-,20-17-,29-26-. The second-order valence-electron chi connectivity index (χ2n) is 19.2. The molecule has 0 aliphatic carbocycles. The van der Waals surface area contributed by atoms with Gasteiger partial charge in [-0.25, -0.2) is 4.79 Å². The average molecular weight is 977 g/mol. The van der Waals surface area contributed by atoms with Crippen molar-refractivity contribution in [1.82, 2.24) is 0 Å². The number of esters is 3. The Morgan fingerprint density at radius 2 is 0.913 bits per heavy atom. The first-order valence-electron chi connectivity index (χ1n) is 28.0. The van der Waals surface area contributed by atoms with Crippen molar-refractivity contribution in [2.45, 2.75) is 289 Å². The number of aliphatic hydroxyl groups excluding tert-OH is 2. The van der Waals surface area contributed by atoms with Crippen LogP contribution >= 0.6 is 0 Å². The van der Waals surface area contributed by atoms with E-state index in [0.717, 1.165) is 83.5 Å². The molecule has 0 radical (unpaired) electrons. The van der Waals surface area contributed by atoms with E-state index >= 15 is 0 Å². The number of carbonyl (C=O) groups is 4. The number of carbonyl (C=O) groups excluding carboxylic acids is 3. The molecule has 1 fully saturated rings. The molecule has 12 heteroatoms. The van der Waals surface area contributed by atoms with Gasteiger partial charge in [-0.05, 0) is 51.4 Å². The highest BCUT2D eigenvalue weighted by atomic mass is 16.7. The zero-order valence-electron chi connectivity index (χ0n) is 43.8. The largest absolute Gasteiger partial charge is 0.479 e. The van der Waals surface area contributed by atoms with Crippen molar-refractivity contribution in [3.05, 3.63) is 36.5 Å². The number of aliphatic hydroxyl groups is 2. The highest BCUT2D eigenvalue weighted by molar-refractivity contribution is 5.74. The van der Waals surface area contributed by atoms with E-state index in [1.54, 1.807) is 0 Å². The third-order valence-corrected chi connectivity index (χ3v) is 12.7. The van der Waals surface area contributed by atoms with Crippen molar-refractivity contribution in [3.8, 4) is 0 Å². The number of aliphatic carboxylic acids is 1. The number of allylic oxidation sites excluding steroid dienone is 6. The number of carboxylic acids is 1. The van der Waals surface area contributed by atoms with Gasteiger partial charge in [0.1, 0.15) is 18.8 Å². The summed E-state index contributed by atoms with van der Waals surface area (Å²) in [5, 5.41) is 31.4. The zero-order valence-corrected chi connectivity index (χ0v) is 43.8. The van der Waals surface area contributed by atoms with Crippen molar-refractivity contribution in [3.63, 3.8) is 0 Å². The first-order chi connectivity index (χ1) is 33.6. The fourth-order valence-electron chi connectivity index (χ4n) is 8.44. The predicted molar refractivity (Wildman–Crippen MR) is 276 cm³/mol. The monoisotopic (exact) mass is 977 g/mol. The van der Waals surface area contributed by atoms with Gasteiger partial charge in [0.15, 0.2) is 24.6 Å². The van der Waals surface area contributed by atoms with Gasteiger partial charge in [-0.15, -0.1) is 0 Å². The molecule has 69 heavy (non-hydrogen) atoms. The number of unbranched alkanes of at least 4 members (excludes halogenated alkanes) is 27. The van der Waals surface area contributed by atoms with E-state index in [2.05, 4.69) is 57.2 Å². The number of ether oxygens (including phenoxy) is 5. The van der Waals surface area contributed by atoms with Crippen molar-refractivity contribution >= 4 is 23.9 Å². The second kappa shape index (κ2) is 46.0. The van der Waals surface area contributed by atoms with Crippen LogP contribution in [0.3, 0.4) is 0 Å². The van der Waals surface area contributed by atoms with E-state index in [1.807, 2.05) is 0 Å². The van der Waals surface area contributed by atoms with Gasteiger partial charge in [-0.3, -0.25) is 14.4 Å². The fourth-order valence-corrected chi connectivity index (χ4v) is 8.44. The summed E-state index contributed by atoms with van der Waals surface area (Å²) in [6.07, 6.45) is 39.9. The quantitative estimate of drug-likeness (QED) is 0.0228. The van der Waals surface area contributed by atoms with E-state index in [0.29, 0.717) is 19.3 Å². The molecule has 1 aliphatic rings. The van der Waals surface area contributed by atoms with E-state index in [9.17, 15) is 34.5 Å². The molecule has 1 saturated heterocycles. The van der Waals surface area contributed by atoms with Crippen LogP contribution in [0.5, 0.6) is 0 Å². The molecule has 6 atom stereocenters. The molecule has 3 N–H and O–H groups in total. The Labute approximate surface area is 419 Å². The van der Waals surface area contributed by atoms with Gasteiger partial charge in [0, 0.05) is 19.3 Å². The third kappa shape index (κ3) is 36.5. The van der Waals surface area contributed by atoms with Crippen molar-refractivity contribution < 1.29 is 58.2 Å². The number of carboxylic acid groups (broad SMARTS) is 1. The lowest BCUT2D eigenvalue weighted by Gasteiger charge is -2.40. The van der Waals surface area contributed by atoms with Crippen LogP contribution in [0, 0.1) is 0 Å². The zero-order chi connectivity index (χ0) is 50.4. The molecule has 400 valence electrons. The summed E-state index contributed by atoms with van der Waals surface area (Å²) >= 11 is 0. The van der Waals surface area contributed by atoms with E-state index in [1.165, 1.54) is 109 Å². The number of hydrogen-bond donors (Lipinski definition) is 3. The van der Waals surface area contributed by atoms with Gasteiger partial charge < -0.3 is 39.0 Å². The Bertz CT molecular complexity index is 1350. The lowest BCUT2D eigenvalue weighted by molar-refractivity contribution is -0.301. The van der Waals surface area contributed by atoms with Crippen LogP contribution in [0.4, 0.5) is 0 Å². The lowest BCUT2D eigenvalue weighted by atomic mass is 9.98. The molecule has 0 aromatic carbocycles. The van der Waals surface area contributed by atoms with E-state index < -0.39 is 67.3 Å². The molecule has 1 rings (SSSR count). The molecule has 0 amide bonds. The molecular formula is C57H100O12. The summed E-state index contributed by atoms with van der Waals surface area (Å²) in [6, 6.07) is 0. The Morgan fingerprint density at radius 1 is 0.493 bits per heavy atom. The predicted octanol–water partition coefficient (Wildman–Crippen LogP) is 13.7. The normalized spacial score (nSPS) is 18.9. The molecule has 6 unspecified atom stereocenters. The Balaban J connectivity index is 2.71. The van der Waals surface area contributed by atoms with Crippen LogP contribution in [0.25, 0.3) is 0 Å². The first kappa shape index (κ1) is 64.0. The Kier molecular flexibility index (Phi) is 42.7. The Morgan fingerprint density at radius 3 is 1.39 bits per heavy atom. The first-order valence-corrected chi connectivity index (χ1v) is 28.0. The van der Waals surface area contributed by atoms with E-state index in [4.69, 9.17) is 23.7 Å². The van der Waals surface area contributed by atoms with Crippen molar-refractivity contribution in [2.75, 3.05) is 13.2 Å². The van der Waals surface area contributed by atoms with Crippen LogP contribution in [0.15, 0.2) is 36.5 Å². The van der Waals surface area contributed by atoms with Crippen LogP contribution in [0.2, 0.25) is 0 Å². The maximum Gasteiger partial charge on any atom is 0.335 e. The van der Waals surface area contributed by atoms with Crippen LogP contribution in [-0.2, 0) is 42.9 Å². The minimum Gasteiger partial charge on any atom is -0.479 e. The average Bonchev–Trinajstić information content (AvgIpc) is 3.33. The van der Waals surface area contributed by atoms with Crippen molar-refractivity contribution in [1.29, 1.82) is 0 Å². The van der Waals surface area contributed by atoms with Gasteiger partial charge in [0.25, 0.3) is 0 Å². The lowest BCUT2D eigenvalue weighted by Crippen LogP contribution is -2.61. The van der Waals surface area contributed by atoms with Gasteiger partial charge in [0.05, 0.1) is 6.61 Å². The molecule has 1 heterocycles. The highest BCUT2D eigenvalue weighted by Gasteiger charge is 2.50. The summed E-state index contributed by atoms with van der Waals surface area (Å²) < 4.78 is 28.3. The summed E-state index contributed by atoms with van der Waals surface area (Å²) in [5.41, 5.74) is 0. The summed E-state index contributed by atoms with van der Waals surface area (Å²) in [7, 11) is 0. The highest BCUT2D eigenvalue weighted by Crippen LogP contribution is 2.26. The summed E-state index contributed by atoms with van der Waals surface area (Å²) in [4.78, 5) is 50.9. The minimum atomic E-state index is -1.90. The SMILES string of the molecule is CC/C=C\C/C=C\C/C=C\CCCCCC(=O)OCC(COC1OC(C(=O)O)C(O)C(O)C1OC(=O)CCCCCCCCCCCCCCCCC)OC(=O)CCCCCCCCCCCCC. The maximum atomic E-state index is 13.1. The Hall–Kier alpha value is -3.06. The number of rotatable bonds is 47. The van der Waals surface area contributed by atoms with Crippen LogP contribution in [-0.4, -0.2) is 89.2 Å². The van der Waals surface area contributed by atoms with Gasteiger partial charge >= 0.3 is 23.9 Å². The molecule has 12 nitrogen and oxygen atoms in total. The van der Waals surface area contributed by atoms with Crippen LogP contribution in [0.1, 0.15) is 252 Å². The molecule has 1 aliphatic heterocycles. The number of hydrogen-bond acceptors (Lipinski definition) is 11. The van der Waals surface area contributed by atoms with E-state index in [-0.39, 0.29) is 25.9 Å². The fraction of sp³-hybridized carbons (Fsp3) is 0.825. The maximum absolute atomic E-state index is 13.1. The minimum absolute atomic E-state index is 0.0631.